The summed E-state index contributed by atoms with van der Waals surface area (Å²) >= 11 is 0. The Balaban J connectivity index is 0.0000135. The molecule has 2 rings (SSSR count). The Morgan fingerprint density at radius 3 is 2.00 bits per heavy atom. The number of phosphoric ester groups is 1. The summed E-state index contributed by atoms with van der Waals surface area (Å²) < 4.78 is 93.1. The van der Waals surface area contributed by atoms with Gasteiger partial charge in [0.15, 0.2) is 8.32 Å². The Morgan fingerprint density at radius 1 is 0.942 bits per heavy atom. The molecule has 0 bridgehead atoms. The molecule has 1 saturated heterocycles. The van der Waals surface area contributed by atoms with Gasteiger partial charge in [-0.15, -0.1) is 0 Å². The van der Waals surface area contributed by atoms with Crippen LogP contribution in [-0.4, -0.2) is 67.1 Å². The van der Waals surface area contributed by atoms with Crippen LogP contribution in [0.5, 0.6) is 0 Å². The number of unbranched alkanes of at least 4 members (excludes halogenated alkanes) is 11. The van der Waals surface area contributed by atoms with Gasteiger partial charge < -0.3 is 24.9 Å². The van der Waals surface area contributed by atoms with Gasteiger partial charge in [-0.1, -0.05) is 85.0 Å². The molecule has 5 atom stereocenters. The van der Waals surface area contributed by atoms with E-state index in [2.05, 4.69) is 20.8 Å². The van der Waals surface area contributed by atoms with E-state index in [1.165, 1.54) is 6.92 Å². The van der Waals surface area contributed by atoms with Crippen LogP contribution in [0.3, 0.4) is 0 Å². The van der Waals surface area contributed by atoms with Gasteiger partial charge in [-0.05, 0) is 44.3 Å². The minimum Gasteiger partial charge on any atom is -0.411 e. The van der Waals surface area contributed by atoms with Crippen molar-refractivity contribution in [1.29, 1.82) is 0 Å². The summed E-state index contributed by atoms with van der Waals surface area (Å²) in [4.78, 5) is 36.4. The van der Waals surface area contributed by atoms with E-state index < -0.39 is 70.3 Å². The lowest BCUT2D eigenvalue weighted by Crippen LogP contribution is -2.48. The Morgan fingerprint density at radius 2 is 1.46 bits per heavy atom. The molecule has 1 aromatic rings. The number of phosphoric acid groups is 1. The average molecular weight is 794 g/mol. The maximum atomic E-state index is 14.1. The van der Waals surface area contributed by atoms with Gasteiger partial charge in [-0.2, -0.15) is 17.6 Å². The van der Waals surface area contributed by atoms with Gasteiger partial charge in [-0.25, -0.2) is 9.36 Å². The van der Waals surface area contributed by atoms with Crippen LogP contribution in [-0.2, 0) is 27.5 Å². The van der Waals surface area contributed by atoms with Crippen molar-refractivity contribution < 1.29 is 50.0 Å². The van der Waals surface area contributed by atoms with Crippen LogP contribution >= 0.6 is 7.82 Å². The molecule has 12 nitrogen and oxygen atoms in total. The molecule has 2 heterocycles. The molecule has 4 unspecified atom stereocenters. The highest BCUT2D eigenvalue weighted by Crippen LogP contribution is 2.48. The number of nitrogens with zero attached hydrogens (tertiary/aromatic N) is 1. The Hall–Kier alpha value is -1.43. The van der Waals surface area contributed by atoms with E-state index in [-0.39, 0.29) is 30.6 Å². The second-order valence-electron chi connectivity index (χ2n) is 15.0. The summed E-state index contributed by atoms with van der Waals surface area (Å²) in [5.41, 5.74) is -2.00. The smallest absolute Gasteiger partial charge is 0.411 e. The Bertz CT molecular complexity index is 1330. The number of rotatable bonds is 25. The van der Waals surface area contributed by atoms with Gasteiger partial charge in [0.05, 0.1) is 25.0 Å². The number of hydrogen-bond acceptors (Lipinski definition) is 9. The van der Waals surface area contributed by atoms with Gasteiger partial charge in [0, 0.05) is 26.1 Å². The SMILES string of the molecule is C[C@@H](OP(=O)(O)OCCCOCCCCCCCCCCCCCCC(F)(F)F)C1OC(n2cc(F)c(=O)[nH]c2=O)CC1O[Si](C)(C)C(C)(C)C.N. The van der Waals surface area contributed by atoms with Gasteiger partial charge in [0.1, 0.15) is 12.3 Å². The molecule has 1 aliphatic heterocycles. The molecule has 0 saturated carbocycles. The maximum Gasteiger partial charge on any atom is 0.472 e. The van der Waals surface area contributed by atoms with E-state index in [4.69, 9.17) is 22.9 Å². The van der Waals surface area contributed by atoms with E-state index in [0.29, 0.717) is 26.1 Å². The lowest BCUT2D eigenvalue weighted by atomic mass is 10.0. The van der Waals surface area contributed by atoms with Crippen LogP contribution in [0, 0.1) is 5.82 Å². The molecule has 0 radical (unpaired) electrons. The molecule has 1 aliphatic rings. The average Bonchev–Trinajstić information content (AvgIpc) is 3.41. The van der Waals surface area contributed by atoms with Gasteiger partial charge in [-0.3, -0.25) is 23.4 Å². The predicted octanol–water partition coefficient (Wildman–Crippen LogP) is 9.08. The number of ether oxygens (including phenoxy) is 2. The van der Waals surface area contributed by atoms with Crippen molar-refractivity contribution in [2.75, 3.05) is 19.8 Å². The van der Waals surface area contributed by atoms with Crippen LogP contribution in [0.4, 0.5) is 17.6 Å². The fraction of sp³-hybridized carbons (Fsp3) is 0.882. The molecule has 1 fully saturated rings. The summed E-state index contributed by atoms with van der Waals surface area (Å²) in [5, 5.41) is -0.185. The molecule has 5 N–H and O–H groups in total. The first-order valence-electron chi connectivity index (χ1n) is 18.4. The van der Waals surface area contributed by atoms with Crippen LogP contribution < -0.4 is 17.4 Å². The normalized spacial score (nSPS) is 20.1. The van der Waals surface area contributed by atoms with Crippen molar-refractivity contribution in [3.63, 3.8) is 0 Å². The molecular weight excluding hydrogens is 729 g/mol. The van der Waals surface area contributed by atoms with Crippen molar-refractivity contribution in [3.8, 4) is 0 Å². The second kappa shape index (κ2) is 22.8. The second-order valence-corrected chi connectivity index (χ2v) is 21.2. The zero-order chi connectivity index (χ0) is 38.3. The quantitative estimate of drug-likeness (QED) is 0.0375. The number of nitrogens with one attached hydrogen (secondary N) is 1. The van der Waals surface area contributed by atoms with Crippen LogP contribution in [0.2, 0.25) is 18.1 Å². The number of aromatic nitrogens is 2. The summed E-state index contributed by atoms with van der Waals surface area (Å²) in [5.74, 6) is -1.15. The van der Waals surface area contributed by atoms with E-state index in [1.54, 1.807) is 0 Å². The Kier molecular flexibility index (Phi) is 21.3. The maximum absolute atomic E-state index is 14.1. The number of halogens is 4. The third-order valence-electron chi connectivity index (χ3n) is 9.55. The number of aromatic amines is 1. The first-order valence-corrected chi connectivity index (χ1v) is 22.8. The van der Waals surface area contributed by atoms with E-state index in [9.17, 15) is 36.6 Å². The monoisotopic (exact) mass is 793 g/mol. The molecule has 0 amide bonds. The standard InChI is InChI=1S/C34H61F4N2O9PSi.H3N/c1-26(30-28(49-51(5,6)33(2,3)4)24-29(47-30)40-25-27(35)31(41)39-32(40)42)48-50(43,44)46-23-19-22-45-21-18-16-14-12-10-8-7-9-11-13-15-17-20-34(36,37)38;/h25-26,28-30H,7-24H2,1-6H3,(H,43,44)(H,39,41,42);1H3/t26-,28?,29?,30?;/m1./s1. The minimum absolute atomic E-state index is 0. The first kappa shape index (κ1) is 48.6. The predicted molar refractivity (Wildman–Crippen MR) is 195 cm³/mol. The van der Waals surface area contributed by atoms with E-state index in [1.807, 2.05) is 18.1 Å². The molecule has 0 spiro atoms. The number of alkyl halides is 3. The van der Waals surface area contributed by atoms with E-state index >= 15 is 0 Å². The topological polar surface area (TPSA) is 173 Å². The molecule has 0 aliphatic carbocycles. The molecule has 306 valence electrons. The largest absolute Gasteiger partial charge is 0.472 e. The molecule has 18 heteroatoms. The van der Waals surface area contributed by atoms with Crippen molar-refractivity contribution in [2.45, 2.75) is 173 Å². The fourth-order valence-electron chi connectivity index (χ4n) is 5.64. The highest BCUT2D eigenvalue weighted by molar-refractivity contribution is 7.47. The fourth-order valence-corrected chi connectivity index (χ4v) is 7.94. The van der Waals surface area contributed by atoms with Gasteiger partial charge >= 0.3 is 19.7 Å². The highest BCUT2D eigenvalue weighted by atomic mass is 31.2. The van der Waals surface area contributed by atoms with Gasteiger partial charge in [0.2, 0.25) is 5.82 Å². The van der Waals surface area contributed by atoms with Gasteiger partial charge in [0.25, 0.3) is 5.56 Å². The first-order chi connectivity index (χ1) is 23.7. The molecule has 52 heavy (non-hydrogen) atoms. The lowest BCUT2D eigenvalue weighted by molar-refractivity contribution is -0.135. The zero-order valence-corrected chi connectivity index (χ0v) is 33.8. The highest BCUT2D eigenvalue weighted by Gasteiger charge is 2.48. The summed E-state index contributed by atoms with van der Waals surface area (Å²) in [6.07, 6.45) is 4.43. The minimum atomic E-state index is -4.52. The summed E-state index contributed by atoms with van der Waals surface area (Å²) in [7, 11) is -6.91. The molecule has 0 aromatic carbocycles. The molecule has 1 aromatic heterocycles. The van der Waals surface area contributed by atoms with Crippen molar-refractivity contribution in [2.24, 2.45) is 0 Å². The van der Waals surface area contributed by atoms with Crippen LogP contribution in [0.1, 0.15) is 130 Å². The third kappa shape index (κ3) is 18.3. The van der Waals surface area contributed by atoms with Crippen molar-refractivity contribution >= 4 is 16.1 Å². The van der Waals surface area contributed by atoms with Crippen molar-refractivity contribution in [3.05, 3.63) is 32.9 Å². The van der Waals surface area contributed by atoms with Crippen LogP contribution in [0.15, 0.2) is 15.8 Å². The summed E-state index contributed by atoms with van der Waals surface area (Å²) in [6.45, 7) is 12.6. The van der Waals surface area contributed by atoms with Crippen molar-refractivity contribution in [1.82, 2.24) is 15.7 Å². The number of hydrogen-bond donors (Lipinski definition) is 3. The lowest BCUT2D eigenvalue weighted by Gasteiger charge is -2.40. The number of H-pyrrole nitrogens is 1. The zero-order valence-electron chi connectivity index (χ0n) is 31.9. The van der Waals surface area contributed by atoms with Crippen LogP contribution in [0.25, 0.3) is 0 Å². The molecular formula is C34H64F4N3O9PSi. The third-order valence-corrected chi connectivity index (χ3v) is 15.2. The van der Waals surface area contributed by atoms with E-state index in [0.717, 1.165) is 75.0 Å². The Labute approximate surface area is 307 Å². The summed E-state index contributed by atoms with van der Waals surface area (Å²) in [6, 6.07) is 0.